The van der Waals surface area contributed by atoms with Gasteiger partial charge < -0.3 is 20.5 Å². The van der Waals surface area contributed by atoms with E-state index in [1.807, 2.05) is 37.3 Å². The molecule has 3 heterocycles. The molecule has 2 bridgehead atoms. The second-order valence-electron chi connectivity index (χ2n) is 7.26. The van der Waals surface area contributed by atoms with Crippen LogP contribution in [0.2, 0.25) is 0 Å². The van der Waals surface area contributed by atoms with Crippen LogP contribution < -0.4 is 0 Å². The first-order valence-electron chi connectivity index (χ1n) is 9.11. The number of aromatic nitrogens is 1. The third-order valence-electron chi connectivity index (χ3n) is 5.54. The van der Waals surface area contributed by atoms with E-state index in [9.17, 15) is 9.90 Å². The number of hydrogen-bond acceptors (Lipinski definition) is 3. The number of aryl methyl sites for hydroxylation is 1. The van der Waals surface area contributed by atoms with Gasteiger partial charge in [0.15, 0.2) is 5.84 Å². The van der Waals surface area contributed by atoms with E-state index >= 15 is 0 Å². The Morgan fingerprint density at radius 2 is 2.29 bits per heavy atom. The summed E-state index contributed by atoms with van der Waals surface area (Å²) in [4.78, 5) is 19.0. The van der Waals surface area contributed by atoms with Crippen molar-refractivity contribution in [1.29, 1.82) is 5.41 Å². The number of H-pyrrole nitrogens is 1. The molecule has 2 fully saturated rings. The Morgan fingerprint density at radius 1 is 1.46 bits per heavy atom. The molecule has 2 aliphatic rings. The SMILES string of the molecule is Cc1ccc([N-]N2C3CCCC2(C(=O)O)C3)cc1C(=N)N=Cc1ccc[nH]1.[Y]. The number of carbonyl (C=O) groups is 1. The van der Waals surface area contributed by atoms with Gasteiger partial charge in [-0.2, -0.15) is 0 Å². The number of piperidine rings is 1. The first-order valence-corrected chi connectivity index (χ1v) is 9.11. The normalized spacial score (nSPS) is 23.7. The Bertz CT molecular complexity index is 907. The molecule has 8 heteroatoms. The van der Waals surface area contributed by atoms with Gasteiger partial charge in [0.1, 0.15) is 5.54 Å². The smallest absolute Gasteiger partial charge is 0.322 e. The van der Waals surface area contributed by atoms with E-state index < -0.39 is 11.5 Å². The Hall–Kier alpha value is -1.83. The van der Waals surface area contributed by atoms with Crippen molar-refractivity contribution in [3.05, 3.63) is 58.8 Å². The molecule has 3 N–H and O–H groups in total. The van der Waals surface area contributed by atoms with E-state index in [1.54, 1.807) is 17.4 Å². The van der Waals surface area contributed by atoms with Crippen LogP contribution in [0.25, 0.3) is 5.43 Å². The Morgan fingerprint density at radius 3 is 2.96 bits per heavy atom. The fourth-order valence-electron chi connectivity index (χ4n) is 4.03. The molecule has 0 spiro atoms. The van der Waals surface area contributed by atoms with Gasteiger partial charge in [0.25, 0.3) is 0 Å². The topological polar surface area (TPSA) is 107 Å². The molecule has 143 valence electrons. The molecule has 2 aliphatic heterocycles. The maximum absolute atomic E-state index is 11.8. The summed E-state index contributed by atoms with van der Waals surface area (Å²) < 4.78 is 0. The number of hydrogen-bond donors (Lipinski definition) is 3. The van der Waals surface area contributed by atoms with Gasteiger partial charge in [0.2, 0.25) is 0 Å². The zero-order chi connectivity index (χ0) is 19.0. The number of rotatable bonds is 5. The molecule has 0 aliphatic carbocycles. The van der Waals surface area contributed by atoms with Crippen LogP contribution in [0.3, 0.4) is 0 Å². The summed E-state index contributed by atoms with van der Waals surface area (Å²) in [5, 5.41) is 19.7. The van der Waals surface area contributed by atoms with Crippen LogP contribution in [0.5, 0.6) is 0 Å². The predicted octanol–water partition coefficient (Wildman–Crippen LogP) is 3.77. The van der Waals surface area contributed by atoms with E-state index in [4.69, 9.17) is 5.41 Å². The van der Waals surface area contributed by atoms with E-state index in [2.05, 4.69) is 15.4 Å². The molecule has 7 nitrogen and oxygen atoms in total. The number of carboxylic acids is 1. The van der Waals surface area contributed by atoms with Crippen molar-refractivity contribution >= 4 is 23.7 Å². The van der Waals surface area contributed by atoms with Gasteiger partial charge in [-0.05, 0) is 56.3 Å². The van der Waals surface area contributed by atoms with Crippen molar-refractivity contribution in [3.8, 4) is 0 Å². The molecule has 1 aromatic carbocycles. The number of aliphatic imine (C=N–C) groups is 1. The number of amidine groups is 1. The van der Waals surface area contributed by atoms with Crippen molar-refractivity contribution in [3.63, 3.8) is 0 Å². The first-order chi connectivity index (χ1) is 13.0. The summed E-state index contributed by atoms with van der Waals surface area (Å²) in [6.45, 7) is 1.93. The maximum Gasteiger partial charge on any atom is 0.322 e. The second kappa shape index (κ2) is 8.27. The monoisotopic (exact) mass is 453 g/mol. The third-order valence-corrected chi connectivity index (χ3v) is 5.54. The van der Waals surface area contributed by atoms with Gasteiger partial charge >= 0.3 is 5.97 Å². The van der Waals surface area contributed by atoms with Crippen molar-refractivity contribution in [1.82, 2.24) is 9.99 Å². The zero-order valence-corrected chi connectivity index (χ0v) is 18.6. The van der Waals surface area contributed by atoms with Gasteiger partial charge in [0, 0.05) is 44.5 Å². The summed E-state index contributed by atoms with van der Waals surface area (Å²) in [6, 6.07) is 9.53. The molecule has 0 saturated carbocycles. The molecule has 2 unspecified atom stereocenters. The summed E-state index contributed by atoms with van der Waals surface area (Å²) in [5.41, 5.74) is 6.89. The Kier molecular flexibility index (Phi) is 6.17. The van der Waals surface area contributed by atoms with Crippen molar-refractivity contribution < 1.29 is 42.6 Å². The van der Waals surface area contributed by atoms with Crippen LogP contribution in [0.15, 0.2) is 41.5 Å². The van der Waals surface area contributed by atoms with Gasteiger partial charge in [-0.15, -0.1) is 5.69 Å². The van der Waals surface area contributed by atoms with E-state index in [-0.39, 0.29) is 44.6 Å². The number of fused-ring (bicyclic) bond motifs is 2. The maximum atomic E-state index is 11.8. The van der Waals surface area contributed by atoms with Gasteiger partial charge in [0.05, 0.1) is 11.9 Å². The summed E-state index contributed by atoms with van der Waals surface area (Å²) in [6.07, 6.45) is 6.63. The van der Waals surface area contributed by atoms with Crippen LogP contribution in [0, 0.1) is 12.3 Å². The Labute approximate surface area is 189 Å². The molecule has 4 rings (SSSR count). The molecular weight excluding hydrogens is 431 g/mol. The average Bonchev–Trinajstić information content (AvgIpc) is 3.19. The minimum Gasteiger partial charge on any atom is -0.619 e. The molecule has 2 saturated heterocycles. The number of carboxylic acid groups (broad SMARTS) is 1. The first kappa shape index (κ1) is 20.9. The Balaban J connectivity index is 0.00000225. The molecule has 2 atom stereocenters. The van der Waals surface area contributed by atoms with Gasteiger partial charge in [-0.3, -0.25) is 10.2 Å². The second-order valence-corrected chi connectivity index (χ2v) is 7.26. The van der Waals surface area contributed by atoms with Crippen molar-refractivity contribution in [2.75, 3.05) is 0 Å². The zero-order valence-electron chi connectivity index (χ0n) is 15.7. The van der Waals surface area contributed by atoms with E-state index in [1.165, 1.54) is 0 Å². The summed E-state index contributed by atoms with van der Waals surface area (Å²) >= 11 is 0. The average molecular weight is 453 g/mol. The minimum absolute atomic E-state index is 0. The standard InChI is InChI=1S/C20H22N5O2.Y/c1-13-6-7-14(10-17(13)18(21)23-12-15-4-3-9-22-15)24-25-16-5-2-8-20(25,11-16)19(26)27;/h3-4,6-7,9-10,12,16H,2,5,8,11H2,1H3,(H,26,27)(H2,21,22,23);/q-1;. The number of aliphatic carboxylic acids is 1. The van der Waals surface area contributed by atoms with Crippen molar-refractivity contribution in [2.24, 2.45) is 4.99 Å². The quantitative estimate of drug-likeness (QED) is 0.474. The van der Waals surface area contributed by atoms with E-state index in [0.717, 1.165) is 24.1 Å². The molecule has 28 heavy (non-hydrogen) atoms. The van der Waals surface area contributed by atoms with E-state index in [0.29, 0.717) is 24.1 Å². The van der Waals surface area contributed by atoms with Gasteiger partial charge in [-0.1, -0.05) is 18.2 Å². The van der Waals surface area contributed by atoms with Crippen molar-refractivity contribution in [2.45, 2.75) is 44.2 Å². The van der Waals surface area contributed by atoms with Crippen LogP contribution in [0.4, 0.5) is 5.69 Å². The van der Waals surface area contributed by atoms with Crippen LogP contribution >= 0.6 is 0 Å². The molecule has 2 aromatic rings. The molecule has 0 amide bonds. The predicted molar refractivity (Wildman–Crippen MR) is 104 cm³/mol. The minimum atomic E-state index is -0.854. The van der Waals surface area contributed by atoms with Gasteiger partial charge in [-0.25, -0.2) is 4.99 Å². The number of aromatic amines is 1. The number of benzene rings is 1. The van der Waals surface area contributed by atoms with Crippen LogP contribution in [-0.4, -0.2) is 44.7 Å². The largest absolute Gasteiger partial charge is 0.619 e. The molecule has 1 radical (unpaired) electrons. The fourth-order valence-corrected chi connectivity index (χ4v) is 4.03. The number of nitrogens with zero attached hydrogens (tertiary/aromatic N) is 3. The third kappa shape index (κ3) is 3.71. The van der Waals surface area contributed by atoms with Crippen LogP contribution in [0.1, 0.15) is 42.5 Å². The molecule has 1 aromatic heterocycles. The molecular formula is C20H22N5O2Y-. The summed E-state index contributed by atoms with van der Waals surface area (Å²) in [5.74, 6) is -0.645. The summed E-state index contributed by atoms with van der Waals surface area (Å²) in [7, 11) is 0. The fraction of sp³-hybridized carbons (Fsp3) is 0.350. The number of nitrogens with one attached hydrogen (secondary N) is 2. The van der Waals surface area contributed by atoms with Crippen LogP contribution in [-0.2, 0) is 37.5 Å².